The van der Waals surface area contributed by atoms with Crippen LogP contribution < -0.4 is 4.74 Å². The molecule has 0 bridgehead atoms. The third-order valence-electron chi connectivity index (χ3n) is 4.49. The van der Waals surface area contributed by atoms with Crippen molar-refractivity contribution < 1.29 is 13.2 Å². The van der Waals surface area contributed by atoms with Crippen LogP contribution in [0.4, 0.5) is 0 Å². The fourth-order valence-corrected chi connectivity index (χ4v) is 4.61. The van der Waals surface area contributed by atoms with Crippen LogP contribution in [0.25, 0.3) is 0 Å². The lowest BCUT2D eigenvalue weighted by Crippen LogP contribution is -2.34. The molecule has 6 heteroatoms. The largest absolute Gasteiger partial charge is 0.497 e. The summed E-state index contributed by atoms with van der Waals surface area (Å²) >= 11 is 0. The lowest BCUT2D eigenvalue weighted by Gasteiger charge is -2.24. The number of ether oxygens (including phenoxy) is 1. The molecule has 1 aromatic carbocycles. The summed E-state index contributed by atoms with van der Waals surface area (Å²) in [5.74, 6) is 1.01. The number of methoxy groups -OCH3 is 1. The van der Waals surface area contributed by atoms with Gasteiger partial charge >= 0.3 is 0 Å². The average Bonchev–Trinajstić information content (AvgIpc) is 2.89. The van der Waals surface area contributed by atoms with Gasteiger partial charge < -0.3 is 4.74 Å². The van der Waals surface area contributed by atoms with E-state index in [0.29, 0.717) is 13.1 Å². The molecule has 0 spiro atoms. The van der Waals surface area contributed by atoms with Crippen molar-refractivity contribution >= 4 is 10.0 Å². The van der Waals surface area contributed by atoms with E-state index in [1.807, 2.05) is 24.3 Å². The second kappa shape index (κ2) is 7.32. The van der Waals surface area contributed by atoms with E-state index in [-0.39, 0.29) is 10.8 Å². The average molecular weight is 346 g/mol. The monoisotopic (exact) mass is 346 g/mol. The minimum Gasteiger partial charge on any atom is -0.497 e. The molecule has 0 aliphatic carbocycles. The summed E-state index contributed by atoms with van der Waals surface area (Å²) in [6, 6.07) is 11.2. The molecule has 0 N–H and O–H groups in total. The Morgan fingerprint density at radius 1 is 1.17 bits per heavy atom. The molecule has 0 saturated carbocycles. The first-order valence-corrected chi connectivity index (χ1v) is 9.59. The predicted octanol–water partition coefficient (Wildman–Crippen LogP) is 3.05. The molecule has 1 atom stereocenters. The molecule has 1 saturated heterocycles. The Morgan fingerprint density at radius 2 is 1.96 bits per heavy atom. The van der Waals surface area contributed by atoms with Crippen molar-refractivity contribution in [2.45, 2.75) is 30.1 Å². The SMILES string of the molecule is COc1ccc(C2CCCCN(S(=O)(=O)c3cccnc3)C2)cc1. The Bertz CT molecular complexity index is 761. The number of benzene rings is 1. The number of pyridine rings is 1. The van der Waals surface area contributed by atoms with E-state index in [9.17, 15) is 8.42 Å². The molecule has 1 unspecified atom stereocenters. The van der Waals surface area contributed by atoms with E-state index in [1.165, 1.54) is 6.20 Å². The highest BCUT2D eigenvalue weighted by atomic mass is 32.2. The van der Waals surface area contributed by atoms with Gasteiger partial charge in [0.1, 0.15) is 10.6 Å². The van der Waals surface area contributed by atoms with Gasteiger partial charge in [0.2, 0.25) is 10.0 Å². The van der Waals surface area contributed by atoms with Gasteiger partial charge in [-0.25, -0.2) is 8.42 Å². The fourth-order valence-electron chi connectivity index (χ4n) is 3.12. The first-order valence-electron chi connectivity index (χ1n) is 8.15. The number of nitrogens with zero attached hydrogens (tertiary/aromatic N) is 2. The first kappa shape index (κ1) is 16.9. The molecular formula is C18H22N2O3S. The maximum absolute atomic E-state index is 12.9. The Balaban J connectivity index is 1.84. The van der Waals surface area contributed by atoms with Crippen molar-refractivity contribution in [3.8, 4) is 5.75 Å². The smallest absolute Gasteiger partial charge is 0.244 e. The molecule has 24 heavy (non-hydrogen) atoms. The van der Waals surface area contributed by atoms with Gasteiger partial charge in [-0.05, 0) is 48.6 Å². The van der Waals surface area contributed by atoms with Gasteiger partial charge in [0.25, 0.3) is 0 Å². The Kier molecular flexibility index (Phi) is 5.16. The van der Waals surface area contributed by atoms with Crippen LogP contribution >= 0.6 is 0 Å². The van der Waals surface area contributed by atoms with Gasteiger partial charge in [0.15, 0.2) is 0 Å². The highest BCUT2D eigenvalue weighted by molar-refractivity contribution is 7.89. The molecule has 1 fully saturated rings. The van der Waals surface area contributed by atoms with Gasteiger partial charge in [0, 0.05) is 25.5 Å². The van der Waals surface area contributed by atoms with Crippen LogP contribution in [0.3, 0.4) is 0 Å². The maximum atomic E-state index is 12.9. The first-order chi connectivity index (χ1) is 11.6. The number of sulfonamides is 1. The van der Waals surface area contributed by atoms with Crippen molar-refractivity contribution in [2.24, 2.45) is 0 Å². The highest BCUT2D eigenvalue weighted by Crippen LogP contribution is 2.30. The number of rotatable bonds is 4. The van der Waals surface area contributed by atoms with E-state index in [1.54, 1.807) is 29.7 Å². The molecule has 1 aromatic heterocycles. The van der Waals surface area contributed by atoms with E-state index < -0.39 is 10.0 Å². The third-order valence-corrected chi connectivity index (χ3v) is 6.34. The van der Waals surface area contributed by atoms with Crippen molar-refractivity contribution in [2.75, 3.05) is 20.2 Å². The van der Waals surface area contributed by atoms with Crippen LogP contribution in [-0.4, -0.2) is 37.9 Å². The summed E-state index contributed by atoms with van der Waals surface area (Å²) in [5.41, 5.74) is 1.16. The third kappa shape index (κ3) is 3.60. The normalized spacial score (nSPS) is 19.6. The van der Waals surface area contributed by atoms with E-state index >= 15 is 0 Å². The van der Waals surface area contributed by atoms with Crippen molar-refractivity contribution in [1.82, 2.24) is 9.29 Å². The number of hydrogen-bond donors (Lipinski definition) is 0. The van der Waals surface area contributed by atoms with Gasteiger partial charge in [0.05, 0.1) is 7.11 Å². The van der Waals surface area contributed by atoms with Crippen molar-refractivity contribution in [3.63, 3.8) is 0 Å². The highest BCUT2D eigenvalue weighted by Gasteiger charge is 2.29. The minimum atomic E-state index is -3.49. The van der Waals surface area contributed by atoms with Gasteiger partial charge in [-0.3, -0.25) is 4.98 Å². The minimum absolute atomic E-state index is 0.199. The van der Waals surface area contributed by atoms with Crippen LogP contribution in [0.1, 0.15) is 30.7 Å². The fraction of sp³-hybridized carbons (Fsp3) is 0.389. The number of aromatic nitrogens is 1. The van der Waals surface area contributed by atoms with E-state index in [0.717, 1.165) is 30.6 Å². The van der Waals surface area contributed by atoms with Crippen LogP contribution in [0.15, 0.2) is 53.7 Å². The summed E-state index contributed by atoms with van der Waals surface area (Å²) in [7, 11) is -1.85. The molecule has 2 aromatic rings. The predicted molar refractivity (Wildman–Crippen MR) is 92.6 cm³/mol. The maximum Gasteiger partial charge on any atom is 0.244 e. The lowest BCUT2D eigenvalue weighted by molar-refractivity contribution is 0.404. The van der Waals surface area contributed by atoms with E-state index in [2.05, 4.69) is 4.98 Å². The summed E-state index contributed by atoms with van der Waals surface area (Å²) in [4.78, 5) is 4.21. The molecular weight excluding hydrogens is 324 g/mol. The van der Waals surface area contributed by atoms with Gasteiger partial charge in [-0.2, -0.15) is 4.31 Å². The standard InChI is InChI=1S/C18H22N2O3S/c1-23-17-9-7-15(8-10-17)16-5-2-3-12-20(14-16)24(21,22)18-6-4-11-19-13-18/h4,6-11,13,16H,2-3,5,12,14H2,1H3. The summed E-state index contributed by atoms with van der Waals surface area (Å²) < 4.78 is 32.6. The molecule has 0 amide bonds. The Hall–Kier alpha value is -1.92. The zero-order valence-corrected chi connectivity index (χ0v) is 14.6. The zero-order chi connectivity index (χ0) is 17.0. The van der Waals surface area contributed by atoms with Crippen molar-refractivity contribution in [3.05, 3.63) is 54.4 Å². The summed E-state index contributed by atoms with van der Waals surface area (Å²) in [5, 5.41) is 0. The molecule has 2 heterocycles. The molecule has 128 valence electrons. The molecule has 1 aliphatic rings. The Morgan fingerprint density at radius 3 is 2.62 bits per heavy atom. The molecule has 5 nitrogen and oxygen atoms in total. The van der Waals surface area contributed by atoms with Crippen LogP contribution in [0.2, 0.25) is 0 Å². The molecule has 0 radical (unpaired) electrons. The second-order valence-electron chi connectivity index (χ2n) is 6.02. The van der Waals surface area contributed by atoms with Crippen LogP contribution in [0, 0.1) is 0 Å². The molecule has 3 rings (SSSR count). The van der Waals surface area contributed by atoms with Gasteiger partial charge in [-0.15, -0.1) is 0 Å². The number of hydrogen-bond acceptors (Lipinski definition) is 4. The summed E-state index contributed by atoms with van der Waals surface area (Å²) in [6.07, 6.45) is 5.90. The molecule has 1 aliphatic heterocycles. The Labute approximate surface area is 143 Å². The second-order valence-corrected chi connectivity index (χ2v) is 7.96. The van der Waals surface area contributed by atoms with Gasteiger partial charge in [-0.1, -0.05) is 18.6 Å². The van der Waals surface area contributed by atoms with Crippen LogP contribution in [0.5, 0.6) is 5.75 Å². The van der Waals surface area contributed by atoms with E-state index in [4.69, 9.17) is 4.74 Å². The topological polar surface area (TPSA) is 59.5 Å². The summed E-state index contributed by atoms with van der Waals surface area (Å²) in [6.45, 7) is 1.06. The van der Waals surface area contributed by atoms with Crippen molar-refractivity contribution in [1.29, 1.82) is 0 Å². The lowest BCUT2D eigenvalue weighted by atomic mass is 9.94. The zero-order valence-electron chi connectivity index (χ0n) is 13.8. The van der Waals surface area contributed by atoms with Crippen LogP contribution in [-0.2, 0) is 10.0 Å². The quantitative estimate of drug-likeness (QED) is 0.854.